The first kappa shape index (κ1) is 26.6. The molecule has 1 fully saturated rings. The van der Waals surface area contributed by atoms with Crippen LogP contribution in [0, 0.1) is 0 Å². The highest BCUT2D eigenvalue weighted by atomic mass is 16.7. The van der Waals surface area contributed by atoms with Gasteiger partial charge in [0.05, 0.1) is 18.7 Å². The van der Waals surface area contributed by atoms with Crippen molar-refractivity contribution in [2.45, 2.75) is 38.1 Å². The zero-order valence-corrected chi connectivity index (χ0v) is 22.7. The predicted octanol–water partition coefficient (Wildman–Crippen LogP) is 3.23. The maximum Gasteiger partial charge on any atom is 0.247 e. The van der Waals surface area contributed by atoms with Gasteiger partial charge in [0, 0.05) is 19.7 Å². The Morgan fingerprint density at radius 2 is 1.93 bits per heavy atom. The number of amides is 2. The highest BCUT2D eigenvalue weighted by Crippen LogP contribution is 2.34. The third kappa shape index (κ3) is 5.80. The molecule has 2 aliphatic rings. The number of rotatable bonds is 10. The van der Waals surface area contributed by atoms with Gasteiger partial charge in [-0.25, -0.2) is 4.68 Å². The van der Waals surface area contributed by atoms with Gasteiger partial charge in [-0.3, -0.25) is 9.59 Å². The van der Waals surface area contributed by atoms with Gasteiger partial charge in [-0.05, 0) is 60.4 Å². The van der Waals surface area contributed by atoms with Crippen LogP contribution < -0.4 is 19.5 Å². The average molecular weight is 558 g/mol. The second-order valence-electron chi connectivity index (χ2n) is 10.0. The van der Waals surface area contributed by atoms with Crippen LogP contribution in [0.3, 0.4) is 0 Å². The van der Waals surface area contributed by atoms with Crippen molar-refractivity contribution in [2.75, 3.05) is 27.1 Å². The van der Waals surface area contributed by atoms with E-state index in [0.29, 0.717) is 41.5 Å². The van der Waals surface area contributed by atoms with Crippen molar-refractivity contribution in [3.63, 3.8) is 0 Å². The fourth-order valence-corrected chi connectivity index (χ4v) is 5.19. The molecule has 0 saturated carbocycles. The summed E-state index contributed by atoms with van der Waals surface area (Å²) in [4.78, 5) is 29.6. The molecule has 0 aliphatic carbocycles. The maximum atomic E-state index is 14.1. The third-order valence-electron chi connectivity index (χ3n) is 7.34. The lowest BCUT2D eigenvalue weighted by atomic mass is 10.0. The molecule has 3 heterocycles. The Balaban J connectivity index is 1.35. The van der Waals surface area contributed by atoms with Crippen LogP contribution in [0.1, 0.15) is 30.0 Å². The fourth-order valence-electron chi connectivity index (χ4n) is 5.19. The maximum absolute atomic E-state index is 14.1. The van der Waals surface area contributed by atoms with Gasteiger partial charge in [0.1, 0.15) is 23.9 Å². The lowest BCUT2D eigenvalue weighted by molar-refractivity contribution is -0.142. The van der Waals surface area contributed by atoms with Crippen molar-refractivity contribution >= 4 is 22.8 Å². The Morgan fingerprint density at radius 1 is 1.10 bits per heavy atom. The Kier molecular flexibility index (Phi) is 7.68. The molecular formula is C30H31N5O6. The summed E-state index contributed by atoms with van der Waals surface area (Å²) in [6.45, 7) is 1.23. The third-order valence-corrected chi connectivity index (χ3v) is 7.34. The van der Waals surface area contributed by atoms with Crippen LogP contribution in [0.15, 0.2) is 66.7 Å². The molecule has 0 bridgehead atoms. The molecule has 41 heavy (non-hydrogen) atoms. The van der Waals surface area contributed by atoms with Gasteiger partial charge in [0.25, 0.3) is 0 Å². The molecule has 6 rings (SSSR count). The number of ether oxygens (including phenoxy) is 4. The van der Waals surface area contributed by atoms with E-state index in [9.17, 15) is 9.59 Å². The summed E-state index contributed by atoms with van der Waals surface area (Å²) >= 11 is 0. The fraction of sp³-hybridized carbons (Fsp3) is 0.333. The molecule has 1 aromatic heterocycles. The Bertz CT molecular complexity index is 1530. The monoisotopic (exact) mass is 557 g/mol. The molecule has 2 atom stereocenters. The summed E-state index contributed by atoms with van der Waals surface area (Å²) in [5.41, 5.74) is 2.85. The van der Waals surface area contributed by atoms with Crippen molar-refractivity contribution in [2.24, 2.45) is 0 Å². The highest BCUT2D eigenvalue weighted by Gasteiger charge is 2.33. The van der Waals surface area contributed by atoms with E-state index in [1.165, 1.54) is 0 Å². The molecule has 11 nitrogen and oxygen atoms in total. The van der Waals surface area contributed by atoms with E-state index in [-0.39, 0.29) is 37.8 Å². The summed E-state index contributed by atoms with van der Waals surface area (Å²) in [5, 5.41) is 11.4. The molecule has 3 aromatic carbocycles. The number of carbonyl (C=O) groups excluding carboxylic acids is 2. The summed E-state index contributed by atoms with van der Waals surface area (Å²) in [6.07, 6.45) is 1.80. The van der Waals surface area contributed by atoms with Crippen LogP contribution in [0.4, 0.5) is 0 Å². The van der Waals surface area contributed by atoms with E-state index < -0.39 is 6.04 Å². The van der Waals surface area contributed by atoms with Crippen LogP contribution in [-0.2, 0) is 27.4 Å². The summed E-state index contributed by atoms with van der Waals surface area (Å²) < 4.78 is 23.7. The zero-order chi connectivity index (χ0) is 28.2. The number of hydrogen-bond donors (Lipinski definition) is 1. The topological polar surface area (TPSA) is 117 Å². The molecule has 212 valence electrons. The molecule has 2 aliphatic heterocycles. The largest absolute Gasteiger partial charge is 0.497 e. The second-order valence-corrected chi connectivity index (χ2v) is 10.0. The number of aromatic nitrogens is 3. The normalized spacial score (nSPS) is 16.5. The molecule has 1 saturated heterocycles. The van der Waals surface area contributed by atoms with Crippen molar-refractivity contribution in [3.8, 4) is 17.2 Å². The SMILES string of the molecule is COc1ccc(C(C(=O)NCC2CCCO2)N(Cc2ccc3c(c2)OCO3)C(=O)Cn2nnc3ccccc32)cc1. The summed E-state index contributed by atoms with van der Waals surface area (Å²) in [5.74, 6) is 1.28. The van der Waals surface area contributed by atoms with Gasteiger partial charge in [0.15, 0.2) is 11.5 Å². The van der Waals surface area contributed by atoms with Gasteiger partial charge >= 0.3 is 0 Å². The van der Waals surface area contributed by atoms with Gasteiger partial charge in [0.2, 0.25) is 18.6 Å². The molecule has 0 spiro atoms. The number of hydrogen-bond acceptors (Lipinski definition) is 8. The first-order valence-corrected chi connectivity index (χ1v) is 13.6. The van der Waals surface area contributed by atoms with Gasteiger partial charge in [-0.15, -0.1) is 5.10 Å². The average Bonchev–Trinajstić information content (AvgIpc) is 3.78. The molecular weight excluding hydrogens is 526 g/mol. The number of carbonyl (C=O) groups is 2. The van der Waals surface area contributed by atoms with Crippen molar-refractivity contribution < 1.29 is 28.5 Å². The summed E-state index contributed by atoms with van der Waals surface area (Å²) in [7, 11) is 1.58. The van der Waals surface area contributed by atoms with Crippen LogP contribution in [0.25, 0.3) is 11.0 Å². The lowest BCUT2D eigenvalue weighted by Gasteiger charge is -2.32. The first-order valence-electron chi connectivity index (χ1n) is 13.6. The van der Waals surface area contributed by atoms with Crippen molar-refractivity contribution in [1.82, 2.24) is 25.2 Å². The standard InChI is InChI=1S/C30H31N5O6/c1-38-22-11-9-21(10-12-22)29(30(37)31-16-23-5-4-14-39-23)34(17-20-8-13-26-27(15-20)41-19-40-26)28(36)18-35-25-7-3-2-6-24(25)32-33-35/h2-3,6-13,15,23,29H,4-5,14,16-19H2,1H3,(H,31,37). The van der Waals surface area contributed by atoms with Crippen LogP contribution in [-0.4, -0.2) is 64.9 Å². The van der Waals surface area contributed by atoms with E-state index in [1.54, 1.807) is 41.0 Å². The Morgan fingerprint density at radius 3 is 2.73 bits per heavy atom. The van der Waals surface area contributed by atoms with Gasteiger partial charge in [-0.2, -0.15) is 0 Å². The van der Waals surface area contributed by atoms with Crippen molar-refractivity contribution in [1.29, 1.82) is 0 Å². The van der Waals surface area contributed by atoms with Crippen LogP contribution >= 0.6 is 0 Å². The Hall–Kier alpha value is -4.64. The first-order chi connectivity index (χ1) is 20.1. The number of nitrogens with one attached hydrogen (secondary N) is 1. The van der Waals surface area contributed by atoms with E-state index in [0.717, 1.165) is 23.9 Å². The van der Waals surface area contributed by atoms with E-state index in [1.807, 2.05) is 42.5 Å². The molecule has 2 unspecified atom stereocenters. The van der Waals surface area contributed by atoms with Crippen molar-refractivity contribution in [3.05, 3.63) is 77.9 Å². The number of benzene rings is 3. The van der Waals surface area contributed by atoms with Gasteiger partial charge < -0.3 is 29.2 Å². The molecule has 1 N–H and O–H groups in total. The minimum Gasteiger partial charge on any atom is -0.497 e. The van der Waals surface area contributed by atoms with Gasteiger partial charge in [-0.1, -0.05) is 35.5 Å². The highest BCUT2D eigenvalue weighted by molar-refractivity contribution is 5.89. The number of para-hydroxylation sites is 1. The minimum atomic E-state index is -0.935. The second kappa shape index (κ2) is 11.8. The van der Waals surface area contributed by atoms with Crippen LogP contribution in [0.2, 0.25) is 0 Å². The Labute approximate surface area is 236 Å². The predicted molar refractivity (Wildman–Crippen MR) is 148 cm³/mol. The molecule has 4 aromatic rings. The lowest BCUT2D eigenvalue weighted by Crippen LogP contribution is -2.46. The van der Waals surface area contributed by atoms with Crippen LogP contribution in [0.5, 0.6) is 17.2 Å². The zero-order valence-electron chi connectivity index (χ0n) is 22.7. The number of fused-ring (bicyclic) bond motifs is 2. The smallest absolute Gasteiger partial charge is 0.247 e. The quantitative estimate of drug-likeness (QED) is 0.316. The molecule has 11 heteroatoms. The summed E-state index contributed by atoms with van der Waals surface area (Å²) in [6, 6.07) is 19.2. The number of nitrogens with zero attached hydrogens (tertiary/aromatic N) is 4. The minimum absolute atomic E-state index is 0.0463. The van der Waals surface area contributed by atoms with E-state index in [4.69, 9.17) is 18.9 Å². The van der Waals surface area contributed by atoms with E-state index >= 15 is 0 Å². The molecule has 2 amide bonds. The van der Waals surface area contributed by atoms with E-state index in [2.05, 4.69) is 15.6 Å². The number of methoxy groups -OCH3 is 1. The molecule has 0 radical (unpaired) electrons.